The molecule has 0 spiro atoms. The largest absolute Gasteiger partial charge is 0.494 e. The van der Waals surface area contributed by atoms with Crippen molar-refractivity contribution in [1.29, 1.82) is 0 Å². The van der Waals surface area contributed by atoms with E-state index in [1.54, 1.807) is 0 Å². The molecule has 0 aromatic heterocycles. The molecule has 0 saturated heterocycles. The molecule has 1 aromatic carbocycles. The highest BCUT2D eigenvalue weighted by Crippen LogP contribution is 2.08. The Balaban J connectivity index is 0.00000196. The Morgan fingerprint density at radius 2 is 2.00 bits per heavy atom. The van der Waals surface area contributed by atoms with Crippen LogP contribution < -0.4 is 16.0 Å². The number of benzene rings is 1. The first-order valence-electron chi connectivity index (χ1n) is 4.50. The molecule has 0 aliphatic rings. The Hall–Kier alpha value is -0.840. The topological polar surface area (TPSA) is 47.3 Å². The van der Waals surface area contributed by atoms with Crippen molar-refractivity contribution in [1.82, 2.24) is 5.43 Å². The molecule has 0 aliphatic carbocycles. The molecule has 3 N–H and O–H groups in total. The summed E-state index contributed by atoms with van der Waals surface area (Å²) >= 11 is 4.89. The number of halogens is 1. The zero-order chi connectivity index (χ0) is 10.2. The second-order valence-corrected chi connectivity index (χ2v) is 3.33. The highest BCUT2D eigenvalue weighted by Gasteiger charge is 1.94. The summed E-state index contributed by atoms with van der Waals surface area (Å²) in [4.78, 5) is 0.668. The van der Waals surface area contributed by atoms with E-state index in [0.29, 0.717) is 11.6 Å². The quantitative estimate of drug-likeness (QED) is 0.361. The van der Waals surface area contributed by atoms with Crippen LogP contribution in [0.5, 0.6) is 5.75 Å². The first-order valence-corrected chi connectivity index (χ1v) is 4.91. The fourth-order valence-corrected chi connectivity index (χ4v) is 1.16. The van der Waals surface area contributed by atoms with E-state index in [1.807, 2.05) is 30.3 Å². The molecule has 0 aliphatic heterocycles. The van der Waals surface area contributed by atoms with Gasteiger partial charge >= 0.3 is 0 Å². The van der Waals surface area contributed by atoms with Crippen molar-refractivity contribution >= 4 is 29.6 Å². The zero-order valence-corrected chi connectivity index (χ0v) is 9.94. The molecule has 84 valence electrons. The van der Waals surface area contributed by atoms with Crippen LogP contribution in [0.2, 0.25) is 0 Å². The van der Waals surface area contributed by atoms with Gasteiger partial charge in [0.05, 0.1) is 11.6 Å². The van der Waals surface area contributed by atoms with Gasteiger partial charge in [0.15, 0.2) is 0 Å². The molecular formula is C10H15ClN2OS. The maximum atomic E-state index is 5.47. The summed E-state index contributed by atoms with van der Waals surface area (Å²) in [6.45, 7) is 0.659. The lowest BCUT2D eigenvalue weighted by atomic mass is 10.3. The zero-order valence-electron chi connectivity index (χ0n) is 8.31. The smallest absolute Gasteiger partial charge is 0.119 e. The van der Waals surface area contributed by atoms with Gasteiger partial charge in [0.2, 0.25) is 0 Å². The Kier molecular flexibility index (Phi) is 7.99. The van der Waals surface area contributed by atoms with Crippen molar-refractivity contribution in [2.45, 2.75) is 12.8 Å². The van der Waals surface area contributed by atoms with Gasteiger partial charge in [-0.15, -0.1) is 12.4 Å². The SMILES string of the molecule is Cl.NNC(=S)CCCOc1ccccc1. The van der Waals surface area contributed by atoms with Crippen molar-refractivity contribution < 1.29 is 4.74 Å². The van der Waals surface area contributed by atoms with Crippen molar-refractivity contribution in [3.05, 3.63) is 30.3 Å². The molecule has 15 heavy (non-hydrogen) atoms. The number of thiocarbonyl (C=S) groups is 1. The number of rotatable bonds is 5. The first-order chi connectivity index (χ1) is 6.83. The van der Waals surface area contributed by atoms with E-state index in [-0.39, 0.29) is 12.4 Å². The van der Waals surface area contributed by atoms with Crippen LogP contribution in [0, 0.1) is 0 Å². The van der Waals surface area contributed by atoms with E-state index in [9.17, 15) is 0 Å². The minimum absolute atomic E-state index is 0. The van der Waals surface area contributed by atoms with Gasteiger partial charge in [-0.2, -0.15) is 0 Å². The molecule has 1 aromatic rings. The van der Waals surface area contributed by atoms with Crippen LogP contribution in [0.4, 0.5) is 0 Å². The maximum absolute atomic E-state index is 5.47. The Labute approximate surface area is 101 Å². The van der Waals surface area contributed by atoms with Crippen LogP contribution in [0.3, 0.4) is 0 Å². The summed E-state index contributed by atoms with van der Waals surface area (Å²) < 4.78 is 5.47. The van der Waals surface area contributed by atoms with Gasteiger partial charge in [-0.1, -0.05) is 30.4 Å². The van der Waals surface area contributed by atoms with Crippen LogP contribution in [0.15, 0.2) is 30.3 Å². The number of nitrogens with two attached hydrogens (primary N) is 1. The van der Waals surface area contributed by atoms with Crippen molar-refractivity contribution in [3.8, 4) is 5.75 Å². The number of hydrogen-bond acceptors (Lipinski definition) is 3. The van der Waals surface area contributed by atoms with Crippen molar-refractivity contribution in [3.63, 3.8) is 0 Å². The molecule has 0 radical (unpaired) electrons. The first kappa shape index (κ1) is 14.2. The van der Waals surface area contributed by atoms with E-state index in [0.717, 1.165) is 18.6 Å². The Bertz CT molecular complexity index is 282. The summed E-state index contributed by atoms with van der Waals surface area (Å²) in [7, 11) is 0. The highest BCUT2D eigenvalue weighted by molar-refractivity contribution is 7.80. The van der Waals surface area contributed by atoms with Gasteiger partial charge in [-0.25, -0.2) is 0 Å². The van der Waals surface area contributed by atoms with Gasteiger partial charge < -0.3 is 10.2 Å². The van der Waals surface area contributed by atoms with Crippen LogP contribution in [-0.2, 0) is 0 Å². The van der Waals surface area contributed by atoms with Crippen molar-refractivity contribution in [2.75, 3.05) is 6.61 Å². The summed E-state index contributed by atoms with van der Waals surface area (Å²) in [5.74, 6) is 6.02. The average Bonchev–Trinajstić information content (AvgIpc) is 2.25. The lowest BCUT2D eigenvalue weighted by Crippen LogP contribution is -2.28. The minimum Gasteiger partial charge on any atom is -0.494 e. The molecule has 1 rings (SSSR count). The molecule has 0 heterocycles. The third kappa shape index (κ3) is 6.28. The number of hydrogen-bond donors (Lipinski definition) is 2. The van der Waals surface area contributed by atoms with E-state index < -0.39 is 0 Å². The molecule has 0 atom stereocenters. The fraction of sp³-hybridized carbons (Fsp3) is 0.300. The molecule has 0 fully saturated rings. The predicted molar refractivity (Wildman–Crippen MR) is 68.3 cm³/mol. The number of hydrazine groups is 1. The standard InChI is InChI=1S/C10H14N2OS.ClH/c11-12-10(14)7-4-8-13-9-5-2-1-3-6-9;/h1-3,5-6H,4,7-8,11H2,(H,12,14);1H. The number of ether oxygens (including phenoxy) is 1. The van der Waals surface area contributed by atoms with E-state index in [4.69, 9.17) is 22.8 Å². The monoisotopic (exact) mass is 246 g/mol. The molecule has 5 heteroatoms. The maximum Gasteiger partial charge on any atom is 0.119 e. The van der Waals surface area contributed by atoms with Crippen molar-refractivity contribution in [2.24, 2.45) is 5.84 Å². The normalized spacial score (nSPS) is 8.87. The molecule has 0 unspecified atom stereocenters. The number of para-hydroxylation sites is 1. The molecule has 0 saturated carbocycles. The summed E-state index contributed by atoms with van der Waals surface area (Å²) in [5.41, 5.74) is 2.44. The molecular weight excluding hydrogens is 232 g/mol. The predicted octanol–water partition coefficient (Wildman–Crippen LogP) is 2.06. The van der Waals surface area contributed by atoms with Gasteiger partial charge in [0.25, 0.3) is 0 Å². The molecule has 3 nitrogen and oxygen atoms in total. The second kappa shape index (κ2) is 8.47. The lowest BCUT2D eigenvalue weighted by Gasteiger charge is -2.05. The van der Waals surface area contributed by atoms with E-state index in [2.05, 4.69) is 5.43 Å². The number of nitrogens with one attached hydrogen (secondary N) is 1. The second-order valence-electron chi connectivity index (χ2n) is 2.83. The minimum atomic E-state index is 0. The van der Waals surface area contributed by atoms with Crippen LogP contribution in [-0.4, -0.2) is 11.6 Å². The van der Waals surface area contributed by atoms with E-state index >= 15 is 0 Å². The summed E-state index contributed by atoms with van der Waals surface area (Å²) in [6.07, 6.45) is 1.64. The molecule has 0 bridgehead atoms. The highest BCUT2D eigenvalue weighted by atomic mass is 35.5. The van der Waals surface area contributed by atoms with Gasteiger partial charge in [0, 0.05) is 6.42 Å². The van der Waals surface area contributed by atoms with Gasteiger partial charge in [-0.3, -0.25) is 5.84 Å². The van der Waals surface area contributed by atoms with Crippen LogP contribution in [0.1, 0.15) is 12.8 Å². The summed E-state index contributed by atoms with van der Waals surface area (Å²) in [6, 6.07) is 9.71. The third-order valence-electron chi connectivity index (χ3n) is 1.72. The van der Waals surface area contributed by atoms with Gasteiger partial charge in [-0.05, 0) is 18.6 Å². The van der Waals surface area contributed by atoms with E-state index in [1.165, 1.54) is 0 Å². The van der Waals surface area contributed by atoms with Crippen LogP contribution in [0.25, 0.3) is 0 Å². The lowest BCUT2D eigenvalue weighted by molar-refractivity contribution is 0.313. The Morgan fingerprint density at radius 3 is 2.60 bits per heavy atom. The summed E-state index contributed by atoms with van der Waals surface area (Å²) in [5, 5.41) is 0. The average molecular weight is 247 g/mol. The fourth-order valence-electron chi connectivity index (χ4n) is 1.01. The third-order valence-corrected chi connectivity index (χ3v) is 2.04. The Morgan fingerprint density at radius 1 is 1.33 bits per heavy atom. The van der Waals surface area contributed by atoms with Gasteiger partial charge in [0.1, 0.15) is 5.75 Å². The van der Waals surface area contributed by atoms with Crippen LogP contribution >= 0.6 is 24.6 Å². The molecule has 0 amide bonds.